The smallest absolute Gasteiger partial charge is 0.417 e. The molecule has 0 unspecified atom stereocenters. The Balaban J connectivity index is 3.63. The second-order valence-electron chi connectivity index (χ2n) is 2.79. The molecule has 7 heteroatoms. The number of aromatic carboxylic acids is 1. The first-order valence-corrected chi connectivity index (χ1v) is 4.60. The minimum atomic E-state index is -4.76. The first kappa shape index (κ1) is 12.5. The predicted molar refractivity (Wildman–Crippen MR) is 50.8 cm³/mol. The molecule has 1 N–H and O–H groups in total. The molecule has 16 heavy (non-hydrogen) atoms. The summed E-state index contributed by atoms with van der Waals surface area (Å²) in [4.78, 5) is 10.7. The third-order valence-electron chi connectivity index (χ3n) is 1.75. The molecule has 0 amide bonds. The quantitative estimate of drug-likeness (QED) is 0.866. The number of nitrogens with zero attached hydrogens (tertiary/aromatic N) is 1. The summed E-state index contributed by atoms with van der Waals surface area (Å²) >= 11 is 2.76. The highest BCUT2D eigenvalue weighted by Crippen LogP contribution is 2.35. The highest BCUT2D eigenvalue weighted by Gasteiger charge is 2.36. The van der Waals surface area contributed by atoms with Crippen molar-refractivity contribution in [3.05, 3.63) is 33.3 Å². The summed E-state index contributed by atoms with van der Waals surface area (Å²) in [6, 6.07) is 2.88. The van der Waals surface area contributed by atoms with Crippen LogP contribution >= 0.6 is 15.9 Å². The number of hydrogen-bond acceptors (Lipinski definition) is 2. The van der Waals surface area contributed by atoms with Gasteiger partial charge in [0.25, 0.3) is 0 Å². The van der Waals surface area contributed by atoms with E-state index in [4.69, 9.17) is 10.4 Å². The largest absolute Gasteiger partial charge is 0.478 e. The van der Waals surface area contributed by atoms with Crippen LogP contribution in [0.15, 0.2) is 16.6 Å². The number of carbonyl (C=O) groups is 1. The van der Waals surface area contributed by atoms with Gasteiger partial charge in [-0.2, -0.15) is 18.4 Å². The SMILES string of the molecule is N#Cc1c(C(=O)O)cc(Br)cc1C(F)(F)F. The van der Waals surface area contributed by atoms with Gasteiger partial charge in [-0.3, -0.25) is 0 Å². The lowest BCUT2D eigenvalue weighted by molar-refractivity contribution is -0.137. The fourth-order valence-corrected chi connectivity index (χ4v) is 1.58. The summed E-state index contributed by atoms with van der Waals surface area (Å²) in [5, 5.41) is 17.2. The van der Waals surface area contributed by atoms with Gasteiger partial charge in [0.2, 0.25) is 0 Å². The van der Waals surface area contributed by atoms with E-state index >= 15 is 0 Å². The summed E-state index contributed by atoms with van der Waals surface area (Å²) in [5.41, 5.74) is -2.82. The van der Waals surface area contributed by atoms with Gasteiger partial charge in [0, 0.05) is 4.47 Å². The van der Waals surface area contributed by atoms with Crippen LogP contribution in [0.5, 0.6) is 0 Å². The number of carboxylic acid groups (broad SMARTS) is 1. The van der Waals surface area contributed by atoms with Crippen LogP contribution in [0.4, 0.5) is 13.2 Å². The number of nitriles is 1. The van der Waals surface area contributed by atoms with Crippen LogP contribution in [0.25, 0.3) is 0 Å². The van der Waals surface area contributed by atoms with Crippen LogP contribution in [-0.4, -0.2) is 11.1 Å². The van der Waals surface area contributed by atoms with Gasteiger partial charge in [-0.05, 0) is 12.1 Å². The van der Waals surface area contributed by atoms with Gasteiger partial charge in [-0.1, -0.05) is 15.9 Å². The lowest BCUT2D eigenvalue weighted by atomic mass is 10.0. The van der Waals surface area contributed by atoms with Gasteiger partial charge in [-0.15, -0.1) is 0 Å². The zero-order valence-electron chi connectivity index (χ0n) is 7.47. The predicted octanol–water partition coefficient (Wildman–Crippen LogP) is 3.04. The van der Waals surface area contributed by atoms with Crippen molar-refractivity contribution >= 4 is 21.9 Å². The molecule has 0 heterocycles. The van der Waals surface area contributed by atoms with Crippen LogP contribution < -0.4 is 0 Å². The van der Waals surface area contributed by atoms with Crippen molar-refractivity contribution in [1.29, 1.82) is 5.26 Å². The van der Waals surface area contributed by atoms with E-state index in [1.807, 2.05) is 0 Å². The molecule has 0 spiro atoms. The van der Waals surface area contributed by atoms with E-state index in [0.717, 1.165) is 6.07 Å². The van der Waals surface area contributed by atoms with Crippen molar-refractivity contribution in [2.75, 3.05) is 0 Å². The summed E-state index contributed by atoms with van der Waals surface area (Å²) < 4.78 is 37.4. The van der Waals surface area contributed by atoms with E-state index in [9.17, 15) is 18.0 Å². The molecule has 1 aromatic rings. The van der Waals surface area contributed by atoms with E-state index in [1.165, 1.54) is 6.07 Å². The Morgan fingerprint density at radius 3 is 2.38 bits per heavy atom. The molecule has 0 radical (unpaired) electrons. The fraction of sp³-hybridized carbons (Fsp3) is 0.111. The van der Waals surface area contributed by atoms with Crippen molar-refractivity contribution in [1.82, 2.24) is 0 Å². The Morgan fingerprint density at radius 2 is 2.00 bits per heavy atom. The van der Waals surface area contributed by atoms with Gasteiger partial charge < -0.3 is 5.11 Å². The highest BCUT2D eigenvalue weighted by atomic mass is 79.9. The standard InChI is InChI=1S/C9H3BrF3NO2/c10-4-1-5(8(15)16)6(3-14)7(2-4)9(11,12)13/h1-2H,(H,15,16). The Kier molecular flexibility index (Phi) is 3.24. The lowest BCUT2D eigenvalue weighted by Crippen LogP contribution is -2.12. The zero-order valence-corrected chi connectivity index (χ0v) is 9.06. The molecular weight excluding hydrogens is 291 g/mol. The van der Waals surface area contributed by atoms with Gasteiger partial charge >= 0.3 is 12.1 Å². The van der Waals surface area contributed by atoms with E-state index < -0.39 is 28.8 Å². The van der Waals surface area contributed by atoms with Crippen molar-refractivity contribution < 1.29 is 23.1 Å². The molecule has 0 aliphatic heterocycles. The third kappa shape index (κ3) is 2.33. The van der Waals surface area contributed by atoms with Crippen molar-refractivity contribution in [2.24, 2.45) is 0 Å². The molecule has 0 saturated heterocycles. The third-order valence-corrected chi connectivity index (χ3v) is 2.21. The van der Waals surface area contributed by atoms with Crippen LogP contribution in [0.2, 0.25) is 0 Å². The summed E-state index contributed by atoms with van der Waals surface area (Å²) in [5.74, 6) is -1.58. The van der Waals surface area contributed by atoms with Crippen molar-refractivity contribution in [3.63, 3.8) is 0 Å². The molecule has 84 valence electrons. The first-order chi connectivity index (χ1) is 7.27. The Hall–Kier alpha value is -1.55. The van der Waals surface area contributed by atoms with Gasteiger partial charge in [0.15, 0.2) is 0 Å². The molecule has 0 bridgehead atoms. The van der Waals surface area contributed by atoms with E-state index in [1.54, 1.807) is 0 Å². The molecule has 0 aliphatic rings. The van der Waals surface area contributed by atoms with Crippen LogP contribution in [-0.2, 0) is 6.18 Å². The number of alkyl halides is 3. The zero-order chi connectivity index (χ0) is 12.5. The molecule has 3 nitrogen and oxygen atoms in total. The second-order valence-corrected chi connectivity index (χ2v) is 3.71. The molecule has 0 saturated carbocycles. The molecule has 1 rings (SSSR count). The minimum Gasteiger partial charge on any atom is -0.478 e. The Morgan fingerprint density at radius 1 is 1.44 bits per heavy atom. The van der Waals surface area contributed by atoms with Crippen LogP contribution in [0, 0.1) is 11.3 Å². The molecule has 0 aromatic heterocycles. The summed E-state index contributed by atoms with van der Waals surface area (Å²) in [6.07, 6.45) is -4.76. The highest BCUT2D eigenvalue weighted by molar-refractivity contribution is 9.10. The molecule has 0 aliphatic carbocycles. The lowest BCUT2D eigenvalue weighted by Gasteiger charge is -2.11. The van der Waals surface area contributed by atoms with Crippen molar-refractivity contribution in [2.45, 2.75) is 6.18 Å². The van der Waals surface area contributed by atoms with Gasteiger partial charge in [0.05, 0.1) is 16.7 Å². The van der Waals surface area contributed by atoms with Crippen molar-refractivity contribution in [3.8, 4) is 6.07 Å². The maximum Gasteiger partial charge on any atom is 0.417 e. The van der Waals surface area contributed by atoms with Gasteiger partial charge in [-0.25, -0.2) is 4.79 Å². The number of carboxylic acids is 1. The monoisotopic (exact) mass is 293 g/mol. The number of halogens is 4. The average Bonchev–Trinajstić information content (AvgIpc) is 2.14. The fourth-order valence-electron chi connectivity index (χ4n) is 1.12. The Bertz CT molecular complexity index is 491. The second kappa shape index (κ2) is 4.14. The minimum absolute atomic E-state index is 0.0452. The molecule has 0 fully saturated rings. The van der Waals surface area contributed by atoms with Gasteiger partial charge in [0.1, 0.15) is 6.07 Å². The van der Waals surface area contributed by atoms with Crippen LogP contribution in [0.3, 0.4) is 0 Å². The van der Waals surface area contributed by atoms with E-state index in [0.29, 0.717) is 6.07 Å². The first-order valence-electron chi connectivity index (χ1n) is 3.81. The van der Waals surface area contributed by atoms with E-state index in [-0.39, 0.29) is 4.47 Å². The van der Waals surface area contributed by atoms with E-state index in [2.05, 4.69) is 15.9 Å². The molecule has 1 aromatic carbocycles. The maximum absolute atomic E-state index is 12.5. The number of hydrogen-bond donors (Lipinski definition) is 1. The summed E-state index contributed by atoms with van der Waals surface area (Å²) in [6.45, 7) is 0. The number of benzene rings is 1. The Labute approximate surface area is 96.2 Å². The molecule has 0 atom stereocenters. The normalized spacial score (nSPS) is 10.9. The van der Waals surface area contributed by atoms with Crippen LogP contribution in [0.1, 0.15) is 21.5 Å². The topological polar surface area (TPSA) is 61.1 Å². The number of rotatable bonds is 1. The average molecular weight is 294 g/mol. The summed E-state index contributed by atoms with van der Waals surface area (Å²) in [7, 11) is 0. The maximum atomic E-state index is 12.5. The molecular formula is C9H3BrF3NO2.